The standard InChI is InChI=1S/C16H14BrClO4/c1-20-16(19)15(17)11-2-6-13(7-3-11)21-10-22-14-8-4-12(18)5-9-14/h2-9,15H,10H2,1H3. The van der Waals surface area contributed by atoms with Crippen molar-refractivity contribution in [3.8, 4) is 11.5 Å². The number of ether oxygens (including phenoxy) is 3. The Hall–Kier alpha value is -1.72. The van der Waals surface area contributed by atoms with Crippen molar-refractivity contribution in [3.05, 3.63) is 59.1 Å². The Bertz CT molecular complexity index is 613. The van der Waals surface area contributed by atoms with E-state index in [0.717, 1.165) is 5.56 Å². The lowest BCUT2D eigenvalue weighted by Gasteiger charge is -2.11. The van der Waals surface area contributed by atoms with Crippen LogP contribution in [0.5, 0.6) is 11.5 Å². The number of rotatable bonds is 6. The van der Waals surface area contributed by atoms with E-state index < -0.39 is 4.83 Å². The quantitative estimate of drug-likeness (QED) is 0.421. The van der Waals surface area contributed by atoms with Gasteiger partial charge in [0.1, 0.15) is 16.3 Å². The molecule has 0 bridgehead atoms. The van der Waals surface area contributed by atoms with Gasteiger partial charge in [-0.1, -0.05) is 39.7 Å². The van der Waals surface area contributed by atoms with Gasteiger partial charge in [-0.15, -0.1) is 0 Å². The van der Waals surface area contributed by atoms with Gasteiger partial charge >= 0.3 is 5.97 Å². The van der Waals surface area contributed by atoms with Crippen LogP contribution in [-0.4, -0.2) is 19.9 Å². The summed E-state index contributed by atoms with van der Waals surface area (Å²) >= 11 is 9.07. The monoisotopic (exact) mass is 384 g/mol. The van der Waals surface area contributed by atoms with Gasteiger partial charge in [-0.2, -0.15) is 0 Å². The van der Waals surface area contributed by atoms with Crippen molar-refractivity contribution >= 4 is 33.5 Å². The molecule has 22 heavy (non-hydrogen) atoms. The molecule has 116 valence electrons. The van der Waals surface area contributed by atoms with Crippen LogP contribution in [-0.2, 0) is 9.53 Å². The minimum atomic E-state index is -0.489. The second-order valence-electron chi connectivity index (χ2n) is 4.32. The van der Waals surface area contributed by atoms with Gasteiger partial charge in [0.15, 0.2) is 0 Å². The fourth-order valence-corrected chi connectivity index (χ4v) is 2.29. The molecule has 2 aromatic carbocycles. The van der Waals surface area contributed by atoms with E-state index in [9.17, 15) is 4.79 Å². The maximum absolute atomic E-state index is 11.4. The van der Waals surface area contributed by atoms with E-state index in [1.807, 2.05) is 0 Å². The summed E-state index contributed by atoms with van der Waals surface area (Å²) in [6, 6.07) is 14.1. The molecular formula is C16H14BrClO4. The predicted molar refractivity (Wildman–Crippen MR) is 87.7 cm³/mol. The Morgan fingerprint density at radius 2 is 1.55 bits per heavy atom. The van der Waals surface area contributed by atoms with Crippen molar-refractivity contribution in [1.29, 1.82) is 0 Å². The number of alkyl halides is 1. The van der Waals surface area contributed by atoms with E-state index in [0.29, 0.717) is 16.5 Å². The molecule has 1 unspecified atom stereocenters. The summed E-state index contributed by atoms with van der Waals surface area (Å²) in [5.41, 5.74) is 0.790. The molecule has 0 amide bonds. The third-order valence-corrected chi connectivity index (χ3v) is 4.00. The molecule has 4 nitrogen and oxygen atoms in total. The summed E-state index contributed by atoms with van der Waals surface area (Å²) in [6.45, 7) is 0.0791. The molecule has 0 aliphatic carbocycles. The van der Waals surface area contributed by atoms with E-state index in [2.05, 4.69) is 20.7 Å². The molecule has 0 saturated carbocycles. The average Bonchev–Trinajstić information content (AvgIpc) is 2.56. The second kappa shape index (κ2) is 8.06. The zero-order chi connectivity index (χ0) is 15.9. The maximum Gasteiger partial charge on any atom is 0.323 e. The summed E-state index contributed by atoms with van der Waals surface area (Å²) in [5, 5.41) is 0.652. The topological polar surface area (TPSA) is 44.8 Å². The Labute approximate surface area is 142 Å². The molecule has 2 rings (SSSR count). The van der Waals surface area contributed by atoms with Crippen molar-refractivity contribution in [3.63, 3.8) is 0 Å². The van der Waals surface area contributed by atoms with E-state index >= 15 is 0 Å². The van der Waals surface area contributed by atoms with Crippen molar-refractivity contribution in [2.45, 2.75) is 4.83 Å². The molecule has 1 atom stereocenters. The minimum absolute atomic E-state index is 0.0791. The van der Waals surface area contributed by atoms with Crippen molar-refractivity contribution in [2.24, 2.45) is 0 Å². The van der Waals surface area contributed by atoms with E-state index in [1.165, 1.54) is 7.11 Å². The number of carbonyl (C=O) groups is 1. The van der Waals surface area contributed by atoms with Gasteiger partial charge in [-0.05, 0) is 42.0 Å². The maximum atomic E-state index is 11.4. The Morgan fingerprint density at radius 1 is 1.05 bits per heavy atom. The first-order valence-corrected chi connectivity index (χ1v) is 7.72. The number of hydrogen-bond acceptors (Lipinski definition) is 4. The number of methoxy groups -OCH3 is 1. The average molecular weight is 386 g/mol. The summed E-state index contributed by atoms with van der Waals surface area (Å²) in [5.74, 6) is 0.967. The van der Waals surface area contributed by atoms with Crippen LogP contribution in [0.3, 0.4) is 0 Å². The molecule has 0 aliphatic rings. The summed E-state index contributed by atoms with van der Waals surface area (Å²) in [7, 11) is 1.35. The molecule has 0 heterocycles. The van der Waals surface area contributed by atoms with E-state index in [-0.39, 0.29) is 12.8 Å². The fraction of sp³-hybridized carbons (Fsp3) is 0.188. The van der Waals surface area contributed by atoms with E-state index in [1.54, 1.807) is 48.5 Å². The van der Waals surface area contributed by atoms with Gasteiger partial charge in [0, 0.05) is 5.02 Å². The Balaban J connectivity index is 1.86. The van der Waals surface area contributed by atoms with Crippen molar-refractivity contribution in [1.82, 2.24) is 0 Å². The molecule has 0 aliphatic heterocycles. The number of benzene rings is 2. The van der Waals surface area contributed by atoms with Crippen LogP contribution >= 0.6 is 27.5 Å². The second-order valence-corrected chi connectivity index (χ2v) is 5.67. The molecule has 0 spiro atoms. The molecule has 0 radical (unpaired) electrons. The molecule has 0 N–H and O–H groups in total. The Morgan fingerprint density at radius 3 is 2.05 bits per heavy atom. The first-order chi connectivity index (χ1) is 10.6. The number of carbonyl (C=O) groups excluding carboxylic acids is 1. The zero-order valence-electron chi connectivity index (χ0n) is 11.8. The molecule has 0 aromatic heterocycles. The molecular weight excluding hydrogens is 372 g/mol. The molecule has 6 heteroatoms. The minimum Gasteiger partial charge on any atom is -0.468 e. The first kappa shape index (κ1) is 16.6. The summed E-state index contributed by atoms with van der Waals surface area (Å²) in [6.07, 6.45) is 0. The highest BCUT2D eigenvalue weighted by Gasteiger charge is 2.17. The highest BCUT2D eigenvalue weighted by Crippen LogP contribution is 2.26. The van der Waals surface area contributed by atoms with Crippen LogP contribution in [0.15, 0.2) is 48.5 Å². The SMILES string of the molecule is COC(=O)C(Br)c1ccc(OCOc2ccc(Cl)cc2)cc1. The van der Waals surface area contributed by atoms with Gasteiger partial charge in [0.05, 0.1) is 7.11 Å². The van der Waals surface area contributed by atoms with Gasteiger partial charge in [-0.25, -0.2) is 0 Å². The van der Waals surface area contributed by atoms with Gasteiger partial charge in [0.2, 0.25) is 6.79 Å². The smallest absolute Gasteiger partial charge is 0.323 e. The lowest BCUT2D eigenvalue weighted by molar-refractivity contribution is -0.139. The fourth-order valence-electron chi connectivity index (χ4n) is 1.67. The van der Waals surface area contributed by atoms with Crippen molar-refractivity contribution < 1.29 is 19.0 Å². The van der Waals surface area contributed by atoms with Crippen molar-refractivity contribution in [2.75, 3.05) is 13.9 Å². The molecule has 2 aromatic rings. The van der Waals surface area contributed by atoms with Crippen LogP contribution in [0.2, 0.25) is 5.02 Å². The largest absolute Gasteiger partial charge is 0.468 e. The normalized spacial score (nSPS) is 11.6. The summed E-state index contributed by atoms with van der Waals surface area (Å²) in [4.78, 5) is 10.9. The van der Waals surface area contributed by atoms with Crippen LogP contribution in [0, 0.1) is 0 Å². The third-order valence-electron chi connectivity index (χ3n) is 2.85. The highest BCUT2D eigenvalue weighted by atomic mass is 79.9. The first-order valence-electron chi connectivity index (χ1n) is 6.43. The Kier molecular flexibility index (Phi) is 6.10. The zero-order valence-corrected chi connectivity index (χ0v) is 14.1. The lowest BCUT2D eigenvalue weighted by atomic mass is 10.1. The molecule has 0 fully saturated rings. The van der Waals surface area contributed by atoms with Crippen LogP contribution in [0.4, 0.5) is 0 Å². The van der Waals surface area contributed by atoms with Gasteiger partial charge < -0.3 is 14.2 Å². The van der Waals surface area contributed by atoms with Gasteiger partial charge in [-0.3, -0.25) is 4.79 Å². The molecule has 0 saturated heterocycles. The van der Waals surface area contributed by atoms with Gasteiger partial charge in [0.25, 0.3) is 0 Å². The predicted octanol–water partition coefficient (Wildman–Crippen LogP) is 4.36. The third kappa shape index (κ3) is 4.64. The van der Waals surface area contributed by atoms with E-state index in [4.69, 9.17) is 21.1 Å². The highest BCUT2D eigenvalue weighted by molar-refractivity contribution is 9.09. The number of esters is 1. The van der Waals surface area contributed by atoms with Crippen LogP contribution in [0.25, 0.3) is 0 Å². The van der Waals surface area contributed by atoms with Crippen LogP contribution < -0.4 is 9.47 Å². The summed E-state index contributed by atoms with van der Waals surface area (Å²) < 4.78 is 15.6. The van der Waals surface area contributed by atoms with Crippen LogP contribution in [0.1, 0.15) is 10.4 Å². The lowest BCUT2D eigenvalue weighted by Crippen LogP contribution is -2.08. The number of halogens is 2. The number of hydrogen-bond donors (Lipinski definition) is 0.